The predicted molar refractivity (Wildman–Crippen MR) is 127 cm³/mol. The molecular formula is C28H47N. The molecule has 0 amide bonds. The number of aryl methyl sites for hydroxylation is 3. The summed E-state index contributed by atoms with van der Waals surface area (Å²) >= 11 is 0. The zero-order valence-corrected chi connectivity index (χ0v) is 19.5. The van der Waals surface area contributed by atoms with Crippen LogP contribution in [0.3, 0.4) is 0 Å². The quantitative estimate of drug-likeness (QED) is 0.194. The van der Waals surface area contributed by atoms with Gasteiger partial charge < -0.3 is 4.57 Å². The number of unbranched alkanes of at least 4 members (excludes halogenated alkanes) is 12. The highest BCUT2D eigenvalue weighted by atomic mass is 14.9. The van der Waals surface area contributed by atoms with Gasteiger partial charge in [0.15, 0.2) is 0 Å². The topological polar surface area (TPSA) is 4.93 Å². The number of hydrogen-bond donors (Lipinski definition) is 0. The second-order valence-corrected chi connectivity index (χ2v) is 10.3. The second kappa shape index (κ2) is 12.7. The predicted octanol–water partition coefficient (Wildman–Crippen LogP) is 8.78. The van der Waals surface area contributed by atoms with Crippen LogP contribution in [0, 0.1) is 31.6 Å². The first kappa shape index (κ1) is 22.7. The number of hydrogen-bond acceptors (Lipinski definition) is 0. The molecule has 2 aliphatic carbocycles. The molecule has 3 atom stereocenters. The van der Waals surface area contributed by atoms with Crippen LogP contribution in [-0.4, -0.2) is 4.57 Å². The molecule has 1 saturated carbocycles. The molecule has 3 unspecified atom stereocenters. The first-order valence-electron chi connectivity index (χ1n) is 13.0. The van der Waals surface area contributed by atoms with E-state index in [-0.39, 0.29) is 0 Å². The first-order valence-corrected chi connectivity index (χ1v) is 13.0. The van der Waals surface area contributed by atoms with Crippen LogP contribution >= 0.6 is 0 Å². The van der Waals surface area contributed by atoms with Crippen molar-refractivity contribution in [3.8, 4) is 0 Å². The van der Waals surface area contributed by atoms with Crippen LogP contribution in [0.15, 0.2) is 24.5 Å². The van der Waals surface area contributed by atoms with Crippen molar-refractivity contribution in [1.29, 1.82) is 0 Å². The van der Waals surface area contributed by atoms with Crippen LogP contribution < -0.4 is 0 Å². The molecule has 1 aromatic heterocycles. The molecule has 2 bridgehead atoms. The van der Waals surface area contributed by atoms with E-state index >= 15 is 0 Å². The molecule has 0 spiro atoms. The molecule has 0 N–H and O–H groups in total. The van der Waals surface area contributed by atoms with Crippen molar-refractivity contribution in [3.05, 3.63) is 35.7 Å². The lowest BCUT2D eigenvalue weighted by atomic mass is 9.88. The van der Waals surface area contributed by atoms with Crippen LogP contribution in [0.2, 0.25) is 0 Å². The largest absolute Gasteiger partial charge is 0.354 e. The Balaban J connectivity index is 1.02. The normalized spacial score (nSPS) is 22.8. The van der Waals surface area contributed by atoms with Crippen molar-refractivity contribution < 1.29 is 0 Å². The Bertz CT molecular complexity index is 576. The smallest absolute Gasteiger partial charge is 0.0219 e. The molecule has 2 aliphatic rings. The summed E-state index contributed by atoms with van der Waals surface area (Å²) in [5.74, 6) is 2.98. The fourth-order valence-electron chi connectivity index (χ4n) is 5.74. The lowest BCUT2D eigenvalue weighted by Gasteiger charge is -2.17. The van der Waals surface area contributed by atoms with Gasteiger partial charge in [-0.3, -0.25) is 0 Å². The molecule has 0 aromatic carbocycles. The van der Waals surface area contributed by atoms with Gasteiger partial charge in [0.1, 0.15) is 0 Å². The number of aromatic nitrogens is 1. The van der Waals surface area contributed by atoms with Crippen molar-refractivity contribution in [2.24, 2.45) is 17.8 Å². The number of nitrogens with zero attached hydrogens (tertiary/aromatic N) is 1. The summed E-state index contributed by atoms with van der Waals surface area (Å²) in [4.78, 5) is 0. The third kappa shape index (κ3) is 7.99. The van der Waals surface area contributed by atoms with Crippen LogP contribution in [0.4, 0.5) is 0 Å². The molecular weight excluding hydrogens is 350 g/mol. The average Bonchev–Trinajstić information content (AvgIpc) is 3.41. The SMILES string of the molecule is Cc1cn(CCCCCCCCCCCCCCCC2CC3C=CC2C3)cc1C. The fourth-order valence-corrected chi connectivity index (χ4v) is 5.74. The minimum absolute atomic E-state index is 0.962. The van der Waals surface area contributed by atoms with E-state index in [2.05, 4.69) is 43.0 Å². The van der Waals surface area contributed by atoms with E-state index in [1.54, 1.807) is 0 Å². The van der Waals surface area contributed by atoms with Gasteiger partial charge in [-0.1, -0.05) is 89.2 Å². The maximum absolute atomic E-state index is 2.52. The Labute approximate surface area is 181 Å². The van der Waals surface area contributed by atoms with Crippen molar-refractivity contribution >= 4 is 0 Å². The molecule has 164 valence electrons. The third-order valence-electron chi connectivity index (χ3n) is 7.75. The zero-order chi connectivity index (χ0) is 20.3. The van der Waals surface area contributed by atoms with Crippen molar-refractivity contribution in [2.45, 2.75) is 123 Å². The molecule has 1 fully saturated rings. The van der Waals surface area contributed by atoms with Crippen LogP contribution in [0.5, 0.6) is 0 Å². The Morgan fingerprint density at radius 1 is 0.655 bits per heavy atom. The van der Waals surface area contributed by atoms with E-state index in [1.165, 1.54) is 120 Å². The Morgan fingerprint density at radius 2 is 1.17 bits per heavy atom. The van der Waals surface area contributed by atoms with Gasteiger partial charge in [0.05, 0.1) is 0 Å². The average molecular weight is 398 g/mol. The summed E-state index contributed by atoms with van der Waals surface area (Å²) in [6, 6.07) is 0. The maximum atomic E-state index is 2.52. The summed E-state index contributed by atoms with van der Waals surface area (Å²) in [6.07, 6.45) is 33.0. The Hall–Kier alpha value is -0.980. The molecule has 3 rings (SSSR count). The van der Waals surface area contributed by atoms with Gasteiger partial charge >= 0.3 is 0 Å². The first-order chi connectivity index (χ1) is 14.2. The highest BCUT2D eigenvalue weighted by Gasteiger charge is 2.34. The van der Waals surface area contributed by atoms with Gasteiger partial charge in [0.25, 0.3) is 0 Å². The van der Waals surface area contributed by atoms with Gasteiger partial charge in [-0.2, -0.15) is 0 Å². The minimum Gasteiger partial charge on any atom is -0.354 e. The molecule has 0 aliphatic heterocycles. The summed E-state index contributed by atoms with van der Waals surface area (Å²) in [6.45, 7) is 5.63. The summed E-state index contributed by atoms with van der Waals surface area (Å²) in [5.41, 5.74) is 2.86. The van der Waals surface area contributed by atoms with E-state index in [1.807, 2.05) is 0 Å². The maximum Gasteiger partial charge on any atom is 0.0219 e. The van der Waals surface area contributed by atoms with Crippen molar-refractivity contribution in [3.63, 3.8) is 0 Å². The molecule has 0 saturated heterocycles. The van der Waals surface area contributed by atoms with Crippen LogP contribution in [0.25, 0.3) is 0 Å². The van der Waals surface area contributed by atoms with Gasteiger partial charge in [0.2, 0.25) is 0 Å². The fraction of sp³-hybridized carbons (Fsp3) is 0.786. The van der Waals surface area contributed by atoms with Crippen LogP contribution in [-0.2, 0) is 6.54 Å². The molecule has 1 heterocycles. The standard InChI is InChI=1S/C28H47N/c1-24-22-29(23-25(24)2)19-15-13-11-9-7-5-3-4-6-8-10-12-14-16-27-20-26-17-18-28(27)21-26/h17-18,22-23,26-28H,3-16,19-21H2,1-2H3. The summed E-state index contributed by atoms with van der Waals surface area (Å²) in [5, 5.41) is 0. The Kier molecular flexibility index (Phi) is 9.91. The monoisotopic (exact) mass is 397 g/mol. The Morgan fingerprint density at radius 3 is 1.66 bits per heavy atom. The van der Waals surface area contributed by atoms with E-state index in [0.717, 1.165) is 17.8 Å². The van der Waals surface area contributed by atoms with Gasteiger partial charge in [-0.05, 0) is 68.4 Å². The van der Waals surface area contributed by atoms with Crippen LogP contribution in [0.1, 0.15) is 114 Å². The minimum atomic E-state index is 0.962. The summed E-state index contributed by atoms with van der Waals surface area (Å²) in [7, 11) is 0. The highest BCUT2D eigenvalue weighted by Crippen LogP contribution is 2.45. The lowest BCUT2D eigenvalue weighted by Crippen LogP contribution is -2.06. The number of rotatable bonds is 16. The second-order valence-electron chi connectivity index (χ2n) is 10.3. The van der Waals surface area contributed by atoms with Gasteiger partial charge in [-0.15, -0.1) is 0 Å². The molecule has 0 radical (unpaired) electrons. The third-order valence-corrected chi connectivity index (χ3v) is 7.75. The zero-order valence-electron chi connectivity index (χ0n) is 19.5. The van der Waals surface area contributed by atoms with Gasteiger partial charge in [0, 0.05) is 18.9 Å². The van der Waals surface area contributed by atoms with E-state index in [9.17, 15) is 0 Å². The van der Waals surface area contributed by atoms with E-state index < -0.39 is 0 Å². The summed E-state index contributed by atoms with van der Waals surface area (Å²) < 4.78 is 2.38. The molecule has 1 heteroatoms. The van der Waals surface area contributed by atoms with E-state index in [0.29, 0.717) is 0 Å². The number of allylic oxidation sites excluding steroid dienone is 2. The van der Waals surface area contributed by atoms with Crippen molar-refractivity contribution in [2.75, 3.05) is 0 Å². The highest BCUT2D eigenvalue weighted by molar-refractivity contribution is 5.20. The lowest BCUT2D eigenvalue weighted by molar-refractivity contribution is 0.393. The number of fused-ring (bicyclic) bond motifs is 2. The van der Waals surface area contributed by atoms with E-state index in [4.69, 9.17) is 0 Å². The van der Waals surface area contributed by atoms with Crippen molar-refractivity contribution in [1.82, 2.24) is 4.57 Å². The molecule has 29 heavy (non-hydrogen) atoms. The van der Waals surface area contributed by atoms with Gasteiger partial charge in [-0.25, -0.2) is 0 Å². The molecule has 1 aromatic rings. The molecule has 1 nitrogen and oxygen atoms in total.